The van der Waals surface area contributed by atoms with E-state index in [1.165, 1.54) is 0 Å². The number of H-pyrrole nitrogens is 1. The monoisotopic (exact) mass is 180 g/mol. The van der Waals surface area contributed by atoms with Crippen LogP contribution in [0.15, 0.2) is 23.4 Å². The molecule has 2 aromatic rings. The van der Waals surface area contributed by atoms with Crippen molar-refractivity contribution in [3.63, 3.8) is 0 Å². The van der Waals surface area contributed by atoms with E-state index in [0.717, 1.165) is 21.7 Å². The number of ether oxygens (including phenoxy) is 1. The van der Waals surface area contributed by atoms with Crippen molar-refractivity contribution in [2.75, 3.05) is 7.11 Å². The minimum atomic E-state index is 0.768. The van der Waals surface area contributed by atoms with E-state index in [1.54, 1.807) is 13.4 Å². The van der Waals surface area contributed by atoms with E-state index in [9.17, 15) is 0 Å². The summed E-state index contributed by atoms with van der Waals surface area (Å²) in [7, 11) is 1.63. The Balaban J connectivity index is 2.82. The van der Waals surface area contributed by atoms with Crippen LogP contribution >= 0.6 is 12.6 Å². The van der Waals surface area contributed by atoms with Crippen LogP contribution in [0.5, 0.6) is 5.75 Å². The highest BCUT2D eigenvalue weighted by molar-refractivity contribution is 7.80. The highest BCUT2D eigenvalue weighted by Gasteiger charge is 2.05. The van der Waals surface area contributed by atoms with Crippen LogP contribution < -0.4 is 4.74 Å². The topological polar surface area (TPSA) is 37.9 Å². The molecule has 0 radical (unpaired) electrons. The summed E-state index contributed by atoms with van der Waals surface area (Å²) in [6, 6.07) is 3.73. The van der Waals surface area contributed by atoms with Crippen LogP contribution in [0.4, 0.5) is 0 Å². The molecule has 4 heteroatoms. The minimum absolute atomic E-state index is 0.768. The molecule has 3 nitrogen and oxygen atoms in total. The fourth-order valence-corrected chi connectivity index (χ4v) is 1.40. The predicted molar refractivity (Wildman–Crippen MR) is 49.9 cm³/mol. The number of rotatable bonds is 1. The molecule has 1 aromatic carbocycles. The Hall–Kier alpha value is -1.16. The molecule has 1 N–H and O–H groups in total. The van der Waals surface area contributed by atoms with Gasteiger partial charge in [0.05, 0.1) is 19.0 Å². The standard InChI is InChI=1S/C8H8N2OS/c1-11-5-2-3-6(12)8-7(5)9-4-10-8/h2-4,12H,1H3,(H,9,10). The molecule has 0 amide bonds. The number of hydrogen-bond acceptors (Lipinski definition) is 3. The van der Waals surface area contributed by atoms with Gasteiger partial charge in [0.25, 0.3) is 0 Å². The van der Waals surface area contributed by atoms with Crippen molar-refractivity contribution in [2.24, 2.45) is 0 Å². The second-order valence-corrected chi connectivity index (χ2v) is 2.89. The van der Waals surface area contributed by atoms with Gasteiger partial charge < -0.3 is 9.72 Å². The second-order valence-electron chi connectivity index (χ2n) is 2.41. The number of fused-ring (bicyclic) bond motifs is 1. The third kappa shape index (κ3) is 0.956. The quantitative estimate of drug-likeness (QED) is 0.657. The number of imidazole rings is 1. The predicted octanol–water partition coefficient (Wildman–Crippen LogP) is 1.86. The van der Waals surface area contributed by atoms with E-state index in [0.29, 0.717) is 0 Å². The van der Waals surface area contributed by atoms with Gasteiger partial charge in [-0.1, -0.05) is 0 Å². The van der Waals surface area contributed by atoms with Gasteiger partial charge in [-0.15, -0.1) is 12.6 Å². The molecule has 62 valence electrons. The zero-order valence-electron chi connectivity index (χ0n) is 6.53. The summed E-state index contributed by atoms with van der Waals surface area (Å²) in [6.45, 7) is 0. The van der Waals surface area contributed by atoms with Crippen LogP contribution in [-0.4, -0.2) is 17.1 Å². The van der Waals surface area contributed by atoms with Gasteiger partial charge in [0.15, 0.2) is 0 Å². The largest absolute Gasteiger partial charge is 0.494 e. The van der Waals surface area contributed by atoms with Gasteiger partial charge in [-0.2, -0.15) is 0 Å². The number of hydrogen-bond donors (Lipinski definition) is 2. The fourth-order valence-electron chi connectivity index (χ4n) is 1.16. The smallest absolute Gasteiger partial charge is 0.146 e. The van der Waals surface area contributed by atoms with E-state index in [-0.39, 0.29) is 0 Å². The van der Waals surface area contributed by atoms with E-state index < -0.39 is 0 Å². The first-order valence-corrected chi connectivity index (χ1v) is 3.96. The summed E-state index contributed by atoms with van der Waals surface area (Å²) in [4.78, 5) is 7.99. The Morgan fingerprint density at radius 3 is 3.08 bits per heavy atom. The van der Waals surface area contributed by atoms with Crippen LogP contribution in [-0.2, 0) is 0 Å². The number of thiol groups is 1. The molecular formula is C8H8N2OS. The molecule has 0 aliphatic rings. The van der Waals surface area contributed by atoms with Gasteiger partial charge in [-0.25, -0.2) is 4.98 Å². The first-order chi connectivity index (χ1) is 5.83. The van der Waals surface area contributed by atoms with E-state index >= 15 is 0 Å². The number of methoxy groups -OCH3 is 1. The lowest BCUT2D eigenvalue weighted by Gasteiger charge is -2.00. The molecule has 1 heterocycles. The summed E-state index contributed by atoms with van der Waals surface area (Å²) in [5.41, 5.74) is 1.74. The van der Waals surface area contributed by atoms with Crippen molar-refractivity contribution in [3.05, 3.63) is 18.5 Å². The third-order valence-corrected chi connectivity index (χ3v) is 2.11. The molecular weight excluding hydrogens is 172 g/mol. The first-order valence-electron chi connectivity index (χ1n) is 3.52. The van der Waals surface area contributed by atoms with Gasteiger partial charge >= 0.3 is 0 Å². The van der Waals surface area contributed by atoms with E-state index in [1.807, 2.05) is 12.1 Å². The highest BCUT2D eigenvalue weighted by atomic mass is 32.1. The lowest BCUT2D eigenvalue weighted by Crippen LogP contribution is -1.84. The molecule has 0 saturated heterocycles. The molecule has 12 heavy (non-hydrogen) atoms. The van der Waals surface area contributed by atoms with Crippen LogP contribution in [0.1, 0.15) is 0 Å². The van der Waals surface area contributed by atoms with Gasteiger partial charge in [0.2, 0.25) is 0 Å². The van der Waals surface area contributed by atoms with E-state index in [2.05, 4.69) is 22.6 Å². The molecule has 0 aliphatic heterocycles. The number of aromatic nitrogens is 2. The summed E-state index contributed by atoms with van der Waals surface area (Å²) in [5.74, 6) is 0.768. The SMILES string of the molecule is COc1ccc(S)c2[nH]cnc12. The summed E-state index contributed by atoms with van der Waals surface area (Å²) in [6.07, 6.45) is 1.63. The van der Waals surface area contributed by atoms with Crippen LogP contribution in [0, 0.1) is 0 Å². The third-order valence-electron chi connectivity index (χ3n) is 1.74. The van der Waals surface area contributed by atoms with Crippen molar-refractivity contribution in [1.82, 2.24) is 9.97 Å². The zero-order chi connectivity index (χ0) is 8.55. The molecule has 0 saturated carbocycles. The van der Waals surface area contributed by atoms with Gasteiger partial charge in [-0.3, -0.25) is 0 Å². The summed E-state index contributed by atoms with van der Waals surface area (Å²) < 4.78 is 5.12. The van der Waals surface area contributed by atoms with Crippen molar-refractivity contribution in [1.29, 1.82) is 0 Å². The number of aromatic amines is 1. The fraction of sp³-hybridized carbons (Fsp3) is 0.125. The lowest BCUT2D eigenvalue weighted by molar-refractivity contribution is 0.419. The number of benzene rings is 1. The average Bonchev–Trinajstić information content (AvgIpc) is 2.54. The zero-order valence-corrected chi connectivity index (χ0v) is 7.43. The Morgan fingerprint density at radius 2 is 2.33 bits per heavy atom. The maximum absolute atomic E-state index is 5.12. The molecule has 0 unspecified atom stereocenters. The van der Waals surface area contributed by atoms with Crippen LogP contribution in [0.3, 0.4) is 0 Å². The molecule has 1 aromatic heterocycles. The Kier molecular flexibility index (Phi) is 1.69. The van der Waals surface area contributed by atoms with Crippen molar-refractivity contribution < 1.29 is 4.74 Å². The Morgan fingerprint density at radius 1 is 1.50 bits per heavy atom. The maximum Gasteiger partial charge on any atom is 0.146 e. The minimum Gasteiger partial charge on any atom is -0.494 e. The molecule has 0 bridgehead atoms. The van der Waals surface area contributed by atoms with Gasteiger partial charge in [0.1, 0.15) is 11.3 Å². The highest BCUT2D eigenvalue weighted by Crippen LogP contribution is 2.26. The van der Waals surface area contributed by atoms with Gasteiger partial charge in [-0.05, 0) is 12.1 Å². The first kappa shape index (κ1) is 7.49. The van der Waals surface area contributed by atoms with Crippen molar-refractivity contribution in [2.45, 2.75) is 4.90 Å². The Bertz CT molecular complexity index is 410. The summed E-state index contributed by atoms with van der Waals surface area (Å²) in [5, 5.41) is 0. The maximum atomic E-state index is 5.12. The summed E-state index contributed by atoms with van der Waals surface area (Å²) >= 11 is 4.28. The molecule has 0 fully saturated rings. The van der Waals surface area contributed by atoms with Crippen LogP contribution in [0.2, 0.25) is 0 Å². The van der Waals surface area contributed by atoms with E-state index in [4.69, 9.17) is 4.74 Å². The molecule has 0 atom stereocenters. The molecule has 2 rings (SSSR count). The number of nitrogens with zero attached hydrogens (tertiary/aromatic N) is 1. The van der Waals surface area contributed by atoms with Crippen molar-refractivity contribution >= 4 is 23.7 Å². The normalized spacial score (nSPS) is 10.5. The molecule has 0 spiro atoms. The lowest BCUT2D eigenvalue weighted by atomic mass is 10.3. The van der Waals surface area contributed by atoms with Crippen LogP contribution in [0.25, 0.3) is 11.0 Å². The second kappa shape index (κ2) is 2.71. The Labute approximate surface area is 75.2 Å². The van der Waals surface area contributed by atoms with Crippen molar-refractivity contribution in [3.8, 4) is 5.75 Å². The number of nitrogens with one attached hydrogen (secondary N) is 1. The average molecular weight is 180 g/mol. The molecule has 0 aliphatic carbocycles. The van der Waals surface area contributed by atoms with Gasteiger partial charge in [0, 0.05) is 4.90 Å².